The second kappa shape index (κ2) is 5.59. The Kier molecular flexibility index (Phi) is 4.30. The van der Waals surface area contributed by atoms with Crippen LogP contribution in [0.25, 0.3) is 0 Å². The van der Waals surface area contributed by atoms with E-state index in [0.29, 0.717) is 26.1 Å². The van der Waals surface area contributed by atoms with Crippen molar-refractivity contribution in [3.63, 3.8) is 0 Å². The van der Waals surface area contributed by atoms with Crippen LogP contribution in [0.5, 0.6) is 0 Å². The summed E-state index contributed by atoms with van der Waals surface area (Å²) in [6.45, 7) is 2.96. The van der Waals surface area contributed by atoms with Crippen molar-refractivity contribution in [1.82, 2.24) is 0 Å². The maximum Gasteiger partial charge on any atom is 0.235 e. The normalized spacial score (nSPS) is 25.0. The summed E-state index contributed by atoms with van der Waals surface area (Å²) in [4.78, 5) is 0. The highest BCUT2D eigenvalue weighted by molar-refractivity contribution is 8.14. The second-order valence-corrected chi connectivity index (χ2v) is 7.67. The molecule has 100 valence electrons. The Bertz CT molecular complexity index is 495. The van der Waals surface area contributed by atoms with Crippen molar-refractivity contribution >= 4 is 19.7 Å². The lowest BCUT2D eigenvalue weighted by atomic mass is 9.93. The molecular formula is C13H17ClO3S. The molecule has 2 rings (SSSR count). The van der Waals surface area contributed by atoms with E-state index in [4.69, 9.17) is 15.4 Å². The highest BCUT2D eigenvalue weighted by Gasteiger charge is 2.34. The van der Waals surface area contributed by atoms with E-state index in [1.54, 1.807) is 0 Å². The molecule has 1 saturated heterocycles. The van der Waals surface area contributed by atoms with Gasteiger partial charge in [-0.15, -0.1) is 0 Å². The molecule has 2 unspecified atom stereocenters. The lowest BCUT2D eigenvalue weighted by Crippen LogP contribution is -2.37. The number of aryl methyl sites for hydroxylation is 1. The molecule has 1 aliphatic rings. The molecule has 18 heavy (non-hydrogen) atoms. The Morgan fingerprint density at radius 2 is 2.00 bits per heavy atom. The summed E-state index contributed by atoms with van der Waals surface area (Å²) in [7, 11) is 2.00. The van der Waals surface area contributed by atoms with Crippen molar-refractivity contribution in [2.45, 2.75) is 25.0 Å². The first-order valence-electron chi connectivity index (χ1n) is 6.03. The zero-order chi connectivity index (χ0) is 13.2. The Morgan fingerprint density at radius 1 is 1.33 bits per heavy atom. The average Bonchev–Trinajstić information content (AvgIpc) is 2.31. The highest BCUT2D eigenvalue weighted by Crippen LogP contribution is 2.27. The van der Waals surface area contributed by atoms with Crippen LogP contribution in [0, 0.1) is 12.8 Å². The van der Waals surface area contributed by atoms with Gasteiger partial charge in [-0.3, -0.25) is 0 Å². The van der Waals surface area contributed by atoms with Crippen LogP contribution in [0.3, 0.4) is 0 Å². The molecule has 1 aromatic rings. The van der Waals surface area contributed by atoms with Gasteiger partial charge in [0.05, 0.1) is 11.9 Å². The van der Waals surface area contributed by atoms with Crippen molar-refractivity contribution in [3.05, 3.63) is 35.4 Å². The number of benzene rings is 1. The summed E-state index contributed by atoms with van der Waals surface area (Å²) < 4.78 is 28.5. The molecule has 0 saturated carbocycles. The molecule has 0 amide bonds. The van der Waals surface area contributed by atoms with Crippen molar-refractivity contribution in [3.8, 4) is 0 Å². The molecule has 0 spiro atoms. The lowest BCUT2D eigenvalue weighted by Gasteiger charge is -2.29. The van der Waals surface area contributed by atoms with E-state index in [1.165, 1.54) is 5.56 Å². The van der Waals surface area contributed by atoms with Crippen LogP contribution in [-0.2, 0) is 20.2 Å². The minimum Gasteiger partial charge on any atom is -0.381 e. The SMILES string of the molecule is Cc1ccc(CC2COCCC2S(=O)(=O)Cl)cc1. The van der Waals surface area contributed by atoms with Gasteiger partial charge in [0, 0.05) is 23.2 Å². The zero-order valence-corrected chi connectivity index (χ0v) is 11.9. The van der Waals surface area contributed by atoms with Gasteiger partial charge >= 0.3 is 0 Å². The van der Waals surface area contributed by atoms with Gasteiger partial charge in [0.15, 0.2) is 0 Å². The van der Waals surface area contributed by atoms with Gasteiger partial charge in [-0.25, -0.2) is 8.42 Å². The van der Waals surface area contributed by atoms with Crippen LogP contribution >= 0.6 is 10.7 Å². The third-order valence-electron chi connectivity index (χ3n) is 3.38. The van der Waals surface area contributed by atoms with E-state index in [0.717, 1.165) is 5.56 Å². The Hall–Kier alpha value is -0.580. The Balaban J connectivity index is 2.13. The fourth-order valence-electron chi connectivity index (χ4n) is 2.37. The largest absolute Gasteiger partial charge is 0.381 e. The molecule has 5 heteroatoms. The molecule has 2 atom stereocenters. The van der Waals surface area contributed by atoms with Gasteiger partial charge in [0.2, 0.25) is 9.05 Å². The van der Waals surface area contributed by atoms with Gasteiger partial charge in [0.1, 0.15) is 0 Å². The molecule has 1 fully saturated rings. The molecular weight excluding hydrogens is 272 g/mol. The zero-order valence-electron chi connectivity index (χ0n) is 10.3. The van der Waals surface area contributed by atoms with E-state index in [2.05, 4.69) is 0 Å². The topological polar surface area (TPSA) is 43.4 Å². The predicted octanol–water partition coefficient (Wildman–Crippen LogP) is 2.51. The molecule has 0 radical (unpaired) electrons. The van der Waals surface area contributed by atoms with Crippen LogP contribution in [0.4, 0.5) is 0 Å². The van der Waals surface area contributed by atoms with Gasteiger partial charge in [-0.05, 0) is 25.3 Å². The summed E-state index contributed by atoms with van der Waals surface area (Å²) in [5.41, 5.74) is 2.32. The van der Waals surface area contributed by atoms with Crippen LogP contribution in [0.2, 0.25) is 0 Å². The molecule has 0 N–H and O–H groups in total. The van der Waals surface area contributed by atoms with Crippen molar-refractivity contribution in [1.29, 1.82) is 0 Å². The summed E-state index contributed by atoms with van der Waals surface area (Å²) in [6.07, 6.45) is 1.18. The molecule has 0 bridgehead atoms. The van der Waals surface area contributed by atoms with Gasteiger partial charge < -0.3 is 4.74 Å². The standard InChI is InChI=1S/C13H17ClO3S/c1-10-2-4-11(5-3-10)8-12-9-17-7-6-13(12)18(14,15)16/h2-5,12-13H,6-9H2,1H3. The molecule has 0 aromatic heterocycles. The Morgan fingerprint density at radius 3 is 2.61 bits per heavy atom. The minimum atomic E-state index is -3.51. The highest BCUT2D eigenvalue weighted by atomic mass is 35.7. The van der Waals surface area contributed by atoms with Crippen molar-refractivity contribution in [2.24, 2.45) is 5.92 Å². The molecule has 3 nitrogen and oxygen atoms in total. The summed E-state index contributed by atoms with van der Waals surface area (Å²) in [5.74, 6) is -0.0519. The van der Waals surface area contributed by atoms with Crippen LogP contribution in [0.1, 0.15) is 17.5 Å². The van der Waals surface area contributed by atoms with Crippen LogP contribution in [0.15, 0.2) is 24.3 Å². The smallest absolute Gasteiger partial charge is 0.235 e. The summed E-state index contributed by atoms with van der Waals surface area (Å²) in [5, 5.41) is -0.491. The molecule has 1 heterocycles. The summed E-state index contributed by atoms with van der Waals surface area (Å²) in [6, 6.07) is 8.12. The van der Waals surface area contributed by atoms with Crippen molar-refractivity contribution < 1.29 is 13.2 Å². The van der Waals surface area contributed by atoms with Gasteiger partial charge in [0.25, 0.3) is 0 Å². The fourth-order valence-corrected chi connectivity index (χ4v) is 4.08. The average molecular weight is 289 g/mol. The third-order valence-corrected chi connectivity index (χ3v) is 5.41. The fraction of sp³-hybridized carbons (Fsp3) is 0.538. The number of halogens is 1. The first-order valence-corrected chi connectivity index (χ1v) is 8.41. The second-order valence-electron chi connectivity index (χ2n) is 4.83. The first-order chi connectivity index (χ1) is 8.47. The molecule has 0 aliphatic carbocycles. The van der Waals surface area contributed by atoms with Crippen LogP contribution in [-0.4, -0.2) is 26.9 Å². The van der Waals surface area contributed by atoms with E-state index in [9.17, 15) is 8.42 Å². The van der Waals surface area contributed by atoms with E-state index in [1.807, 2.05) is 31.2 Å². The summed E-state index contributed by atoms with van der Waals surface area (Å²) >= 11 is 0. The van der Waals surface area contributed by atoms with Crippen LogP contribution < -0.4 is 0 Å². The first kappa shape index (κ1) is 13.8. The number of hydrogen-bond acceptors (Lipinski definition) is 3. The monoisotopic (exact) mass is 288 g/mol. The number of ether oxygens (including phenoxy) is 1. The van der Waals surface area contributed by atoms with E-state index in [-0.39, 0.29) is 5.92 Å². The maximum atomic E-state index is 11.6. The lowest BCUT2D eigenvalue weighted by molar-refractivity contribution is 0.0577. The third kappa shape index (κ3) is 3.46. The molecule has 1 aromatic carbocycles. The number of hydrogen-bond donors (Lipinski definition) is 0. The van der Waals surface area contributed by atoms with E-state index < -0.39 is 14.3 Å². The molecule has 1 aliphatic heterocycles. The van der Waals surface area contributed by atoms with Gasteiger partial charge in [-0.2, -0.15) is 0 Å². The Labute approximate surface area is 113 Å². The van der Waals surface area contributed by atoms with E-state index >= 15 is 0 Å². The van der Waals surface area contributed by atoms with Crippen molar-refractivity contribution in [2.75, 3.05) is 13.2 Å². The number of rotatable bonds is 3. The predicted molar refractivity (Wildman–Crippen MR) is 72.4 cm³/mol. The maximum absolute atomic E-state index is 11.6. The minimum absolute atomic E-state index is 0.0519. The van der Waals surface area contributed by atoms with Gasteiger partial charge in [-0.1, -0.05) is 29.8 Å². The quantitative estimate of drug-likeness (QED) is 0.803.